The molecule has 1 heterocycles. The van der Waals surface area contributed by atoms with Crippen LogP contribution in [0.5, 0.6) is 5.75 Å². The van der Waals surface area contributed by atoms with Crippen LogP contribution in [-0.2, 0) is 6.54 Å². The molecular formula is C16H16N4O. The van der Waals surface area contributed by atoms with Gasteiger partial charge in [-0.05, 0) is 23.8 Å². The van der Waals surface area contributed by atoms with Crippen LogP contribution in [0.1, 0.15) is 5.56 Å². The summed E-state index contributed by atoms with van der Waals surface area (Å²) in [6, 6.07) is 13.7. The average Bonchev–Trinajstić information content (AvgIpc) is 2.53. The zero-order valence-corrected chi connectivity index (χ0v) is 11.7. The zero-order chi connectivity index (χ0) is 14.7. The third-order valence-corrected chi connectivity index (χ3v) is 3.32. The van der Waals surface area contributed by atoms with E-state index in [4.69, 9.17) is 10.5 Å². The lowest BCUT2D eigenvalue weighted by atomic mass is 10.1. The summed E-state index contributed by atoms with van der Waals surface area (Å²) in [5.41, 5.74) is 9.45. The Hall–Kier alpha value is -2.82. The van der Waals surface area contributed by atoms with Gasteiger partial charge in [-0.2, -0.15) is 10.2 Å². The van der Waals surface area contributed by atoms with E-state index in [1.165, 1.54) is 0 Å². The monoisotopic (exact) mass is 280 g/mol. The van der Waals surface area contributed by atoms with E-state index in [1.807, 2.05) is 42.5 Å². The molecule has 0 bridgehead atoms. The summed E-state index contributed by atoms with van der Waals surface area (Å²) in [6.45, 7) is 0.657. The third kappa shape index (κ3) is 2.72. The summed E-state index contributed by atoms with van der Waals surface area (Å²) < 4.78 is 5.16. The van der Waals surface area contributed by atoms with Gasteiger partial charge in [0.05, 0.1) is 30.2 Å². The first-order valence-corrected chi connectivity index (χ1v) is 6.64. The van der Waals surface area contributed by atoms with Crippen molar-refractivity contribution in [1.29, 1.82) is 0 Å². The fourth-order valence-corrected chi connectivity index (χ4v) is 2.24. The molecule has 21 heavy (non-hydrogen) atoms. The minimum absolute atomic E-state index is 0.634. The molecule has 3 N–H and O–H groups in total. The number of nitrogens with two attached hydrogens (primary N) is 1. The molecular weight excluding hydrogens is 264 g/mol. The highest BCUT2D eigenvalue weighted by Gasteiger charge is 2.04. The number of hydrogen-bond acceptors (Lipinski definition) is 5. The highest BCUT2D eigenvalue weighted by Crippen LogP contribution is 2.24. The van der Waals surface area contributed by atoms with Crippen LogP contribution in [0.15, 0.2) is 48.7 Å². The summed E-state index contributed by atoms with van der Waals surface area (Å²) in [6.07, 6.45) is 1.73. The number of ether oxygens (including phenoxy) is 1. The first-order valence-electron chi connectivity index (χ1n) is 6.64. The predicted octanol–water partition coefficient (Wildman–Crippen LogP) is 2.83. The number of nitrogens with one attached hydrogen (secondary N) is 1. The Bertz CT molecular complexity index is 768. The largest absolute Gasteiger partial charge is 0.495 e. The number of nitrogens with zero attached hydrogens (tertiary/aromatic N) is 2. The van der Waals surface area contributed by atoms with Crippen LogP contribution < -0.4 is 15.8 Å². The molecule has 1 aromatic heterocycles. The van der Waals surface area contributed by atoms with Crippen molar-refractivity contribution < 1.29 is 4.74 Å². The molecule has 0 aliphatic carbocycles. The molecule has 0 saturated heterocycles. The molecule has 5 nitrogen and oxygen atoms in total. The van der Waals surface area contributed by atoms with Crippen molar-refractivity contribution in [3.63, 3.8) is 0 Å². The smallest absolute Gasteiger partial charge is 0.141 e. The van der Waals surface area contributed by atoms with E-state index in [2.05, 4.69) is 15.5 Å². The Morgan fingerprint density at radius 1 is 1.19 bits per heavy atom. The average molecular weight is 280 g/mol. The fourth-order valence-electron chi connectivity index (χ4n) is 2.24. The van der Waals surface area contributed by atoms with Crippen LogP contribution in [0.3, 0.4) is 0 Å². The Morgan fingerprint density at radius 2 is 2.05 bits per heavy atom. The van der Waals surface area contributed by atoms with Crippen LogP contribution in [-0.4, -0.2) is 17.3 Å². The van der Waals surface area contributed by atoms with Gasteiger partial charge in [-0.15, -0.1) is 0 Å². The normalized spacial score (nSPS) is 10.5. The topological polar surface area (TPSA) is 73.1 Å². The quantitative estimate of drug-likeness (QED) is 0.719. The highest BCUT2D eigenvalue weighted by atomic mass is 16.5. The SMILES string of the molecule is COc1ccc(CNc2cnnc3ccccc23)cc1N. The van der Waals surface area contributed by atoms with Crippen molar-refractivity contribution in [3.8, 4) is 5.75 Å². The second-order valence-electron chi connectivity index (χ2n) is 4.71. The number of aromatic nitrogens is 2. The van der Waals surface area contributed by atoms with Crippen molar-refractivity contribution in [1.82, 2.24) is 10.2 Å². The molecule has 0 spiro atoms. The second kappa shape index (κ2) is 5.66. The van der Waals surface area contributed by atoms with Gasteiger partial charge in [-0.3, -0.25) is 0 Å². The van der Waals surface area contributed by atoms with Crippen LogP contribution in [0.4, 0.5) is 11.4 Å². The minimum Gasteiger partial charge on any atom is -0.495 e. The van der Waals surface area contributed by atoms with Gasteiger partial charge >= 0.3 is 0 Å². The van der Waals surface area contributed by atoms with Gasteiger partial charge in [0.25, 0.3) is 0 Å². The first-order chi connectivity index (χ1) is 10.3. The van der Waals surface area contributed by atoms with Crippen molar-refractivity contribution in [2.24, 2.45) is 0 Å². The number of methoxy groups -OCH3 is 1. The highest BCUT2D eigenvalue weighted by molar-refractivity contribution is 5.90. The van der Waals surface area contributed by atoms with E-state index in [0.717, 1.165) is 22.2 Å². The molecule has 5 heteroatoms. The number of rotatable bonds is 4. The van der Waals surface area contributed by atoms with Crippen molar-refractivity contribution in [3.05, 3.63) is 54.2 Å². The van der Waals surface area contributed by atoms with Crippen molar-refractivity contribution >= 4 is 22.3 Å². The summed E-state index contributed by atoms with van der Waals surface area (Å²) >= 11 is 0. The van der Waals surface area contributed by atoms with Gasteiger partial charge in [0.2, 0.25) is 0 Å². The standard InChI is InChI=1S/C16H16N4O/c1-21-16-7-6-11(8-13(16)17)9-18-15-10-19-20-14-5-3-2-4-12(14)15/h2-8,10H,9,17H2,1H3,(H,18,20). The van der Waals surface area contributed by atoms with Crippen molar-refractivity contribution in [2.45, 2.75) is 6.54 Å². The van der Waals surface area contributed by atoms with Gasteiger partial charge in [0.15, 0.2) is 0 Å². The molecule has 0 amide bonds. The maximum absolute atomic E-state index is 5.92. The van der Waals surface area contributed by atoms with E-state index < -0.39 is 0 Å². The number of hydrogen-bond donors (Lipinski definition) is 2. The Labute approximate surface area is 122 Å². The molecule has 0 unspecified atom stereocenters. The van der Waals surface area contributed by atoms with E-state index >= 15 is 0 Å². The molecule has 0 aliphatic heterocycles. The Kier molecular flexibility index (Phi) is 3.55. The molecule has 0 fully saturated rings. The molecule has 0 saturated carbocycles. The van der Waals surface area contributed by atoms with Crippen LogP contribution in [0.25, 0.3) is 10.9 Å². The van der Waals surface area contributed by atoms with Gasteiger partial charge in [0, 0.05) is 11.9 Å². The lowest BCUT2D eigenvalue weighted by molar-refractivity contribution is 0.417. The van der Waals surface area contributed by atoms with E-state index in [1.54, 1.807) is 13.3 Å². The fraction of sp³-hybridized carbons (Fsp3) is 0.125. The van der Waals surface area contributed by atoms with Gasteiger partial charge < -0.3 is 15.8 Å². The van der Waals surface area contributed by atoms with E-state index in [-0.39, 0.29) is 0 Å². The summed E-state index contributed by atoms with van der Waals surface area (Å²) in [5, 5.41) is 12.5. The molecule has 0 atom stereocenters. The third-order valence-electron chi connectivity index (χ3n) is 3.32. The summed E-state index contributed by atoms with van der Waals surface area (Å²) in [4.78, 5) is 0. The minimum atomic E-state index is 0.634. The van der Waals surface area contributed by atoms with Gasteiger partial charge in [-0.1, -0.05) is 24.3 Å². The predicted molar refractivity (Wildman–Crippen MR) is 84.3 cm³/mol. The van der Waals surface area contributed by atoms with Gasteiger partial charge in [0.1, 0.15) is 5.75 Å². The molecule has 2 aromatic carbocycles. The van der Waals surface area contributed by atoms with E-state index in [9.17, 15) is 0 Å². The number of benzene rings is 2. The molecule has 0 radical (unpaired) electrons. The summed E-state index contributed by atoms with van der Waals surface area (Å²) in [5.74, 6) is 0.690. The lowest BCUT2D eigenvalue weighted by Crippen LogP contribution is -2.02. The summed E-state index contributed by atoms with van der Waals surface area (Å²) in [7, 11) is 1.61. The molecule has 3 rings (SSSR count). The maximum Gasteiger partial charge on any atom is 0.141 e. The second-order valence-corrected chi connectivity index (χ2v) is 4.71. The first kappa shape index (κ1) is 13.2. The van der Waals surface area contributed by atoms with Crippen LogP contribution in [0, 0.1) is 0 Å². The van der Waals surface area contributed by atoms with E-state index in [0.29, 0.717) is 18.0 Å². The van der Waals surface area contributed by atoms with Crippen LogP contribution >= 0.6 is 0 Å². The molecule has 3 aromatic rings. The lowest BCUT2D eigenvalue weighted by Gasteiger charge is -2.10. The Balaban J connectivity index is 1.82. The number of fused-ring (bicyclic) bond motifs is 1. The maximum atomic E-state index is 5.92. The van der Waals surface area contributed by atoms with Crippen LogP contribution in [0.2, 0.25) is 0 Å². The van der Waals surface area contributed by atoms with Crippen molar-refractivity contribution in [2.75, 3.05) is 18.2 Å². The molecule has 0 aliphatic rings. The molecule has 106 valence electrons. The van der Waals surface area contributed by atoms with Gasteiger partial charge in [-0.25, -0.2) is 0 Å². The zero-order valence-electron chi connectivity index (χ0n) is 11.7. The number of anilines is 2. The number of nitrogen functional groups attached to an aromatic ring is 1. The Morgan fingerprint density at radius 3 is 2.86 bits per heavy atom.